The molecule has 94 valence electrons. The number of alkyl halides is 1. The molecule has 0 aliphatic rings. The Morgan fingerprint density at radius 3 is 2.65 bits per heavy atom. The topological polar surface area (TPSA) is 17.1 Å². The molecule has 0 heterocycles. The van der Waals surface area contributed by atoms with E-state index in [2.05, 4.69) is 54.0 Å². The van der Waals surface area contributed by atoms with E-state index in [4.69, 9.17) is 0 Å². The van der Waals surface area contributed by atoms with Crippen molar-refractivity contribution in [2.24, 2.45) is 0 Å². The van der Waals surface area contributed by atoms with E-state index in [-0.39, 0.29) is 4.83 Å². The van der Waals surface area contributed by atoms with Gasteiger partial charge in [-0.1, -0.05) is 61.0 Å². The van der Waals surface area contributed by atoms with Gasteiger partial charge in [-0.15, -0.1) is 0 Å². The van der Waals surface area contributed by atoms with Crippen LogP contribution in [0.1, 0.15) is 50.7 Å². The van der Waals surface area contributed by atoms with E-state index in [1.54, 1.807) is 0 Å². The zero-order valence-electron chi connectivity index (χ0n) is 10.9. The van der Waals surface area contributed by atoms with Gasteiger partial charge in [-0.05, 0) is 29.9 Å². The lowest BCUT2D eigenvalue weighted by Gasteiger charge is -2.11. The Hall–Kier alpha value is -0.630. The largest absolute Gasteiger partial charge is 0.298 e. The van der Waals surface area contributed by atoms with E-state index in [0.29, 0.717) is 18.1 Å². The third-order valence-corrected chi connectivity index (χ3v) is 3.71. The number of carbonyl (C=O) groups is 1. The highest BCUT2D eigenvalue weighted by molar-refractivity contribution is 9.10. The van der Waals surface area contributed by atoms with Crippen molar-refractivity contribution in [2.75, 3.05) is 0 Å². The first-order valence-corrected chi connectivity index (χ1v) is 7.21. The number of carbonyl (C=O) groups excluding carboxylic acids is 1. The quantitative estimate of drug-likeness (QED) is 0.707. The van der Waals surface area contributed by atoms with E-state index in [9.17, 15) is 4.79 Å². The van der Waals surface area contributed by atoms with E-state index in [1.165, 1.54) is 11.1 Å². The zero-order valence-corrected chi connectivity index (χ0v) is 12.5. The van der Waals surface area contributed by atoms with E-state index >= 15 is 0 Å². The van der Waals surface area contributed by atoms with Crippen molar-refractivity contribution in [1.29, 1.82) is 0 Å². The molecule has 0 saturated heterocycles. The third-order valence-electron chi connectivity index (χ3n) is 2.88. The second-order valence-electron chi connectivity index (χ2n) is 4.79. The fourth-order valence-electron chi connectivity index (χ4n) is 1.80. The van der Waals surface area contributed by atoms with E-state index < -0.39 is 0 Å². The summed E-state index contributed by atoms with van der Waals surface area (Å²) in [4.78, 5) is 11.7. The maximum atomic E-state index is 11.7. The fraction of sp³-hybridized carbons (Fsp3) is 0.533. The highest BCUT2D eigenvalue weighted by atomic mass is 79.9. The number of ketones is 1. The smallest absolute Gasteiger partial charge is 0.146 e. The Labute approximate surface area is 113 Å². The summed E-state index contributed by atoms with van der Waals surface area (Å²) < 4.78 is 0. The summed E-state index contributed by atoms with van der Waals surface area (Å²) in [7, 11) is 0. The van der Waals surface area contributed by atoms with Crippen LogP contribution < -0.4 is 0 Å². The third kappa shape index (κ3) is 4.63. The second kappa shape index (κ2) is 6.95. The van der Waals surface area contributed by atoms with Crippen LogP contribution in [0.15, 0.2) is 24.3 Å². The molecule has 1 unspecified atom stereocenters. The molecule has 0 aliphatic carbocycles. The minimum Gasteiger partial charge on any atom is -0.298 e. The molecule has 0 aromatic heterocycles. The highest BCUT2D eigenvalue weighted by Gasteiger charge is 2.14. The van der Waals surface area contributed by atoms with Gasteiger partial charge in [0.1, 0.15) is 5.78 Å². The van der Waals surface area contributed by atoms with Crippen molar-refractivity contribution in [3.05, 3.63) is 35.4 Å². The number of rotatable bonds is 6. The Morgan fingerprint density at radius 2 is 2.06 bits per heavy atom. The van der Waals surface area contributed by atoms with E-state index in [1.807, 2.05) is 6.92 Å². The van der Waals surface area contributed by atoms with Crippen molar-refractivity contribution >= 4 is 21.7 Å². The molecular formula is C15H21BrO. The van der Waals surface area contributed by atoms with Crippen LogP contribution in [0.4, 0.5) is 0 Å². The van der Waals surface area contributed by atoms with Crippen LogP contribution in [-0.4, -0.2) is 10.6 Å². The summed E-state index contributed by atoms with van der Waals surface area (Å²) in [6.45, 7) is 6.41. The van der Waals surface area contributed by atoms with Gasteiger partial charge in [-0.2, -0.15) is 0 Å². The first-order valence-electron chi connectivity index (χ1n) is 6.30. The van der Waals surface area contributed by atoms with Gasteiger partial charge in [-0.25, -0.2) is 0 Å². The molecule has 0 spiro atoms. The molecule has 0 fully saturated rings. The standard InChI is InChI=1S/C15H21BrO/c1-4-6-15(17)14(16)10-12-7-5-8-13(9-12)11(2)3/h5,7-9,11,14H,4,6,10H2,1-3H3. The summed E-state index contributed by atoms with van der Waals surface area (Å²) in [5.74, 6) is 0.845. The zero-order chi connectivity index (χ0) is 12.8. The molecule has 1 nitrogen and oxygen atoms in total. The van der Waals surface area contributed by atoms with Gasteiger partial charge in [0.2, 0.25) is 0 Å². The number of Topliss-reactive ketones (excluding diaryl/α,β-unsaturated/α-hetero) is 1. The van der Waals surface area contributed by atoms with Gasteiger partial charge in [-0.3, -0.25) is 4.79 Å². The van der Waals surface area contributed by atoms with Gasteiger partial charge >= 0.3 is 0 Å². The number of halogens is 1. The molecular weight excluding hydrogens is 276 g/mol. The Bertz CT molecular complexity index is 371. The number of benzene rings is 1. The first-order chi connectivity index (χ1) is 8.04. The Balaban J connectivity index is 2.68. The Morgan fingerprint density at radius 1 is 1.35 bits per heavy atom. The molecule has 0 saturated carbocycles. The summed E-state index contributed by atoms with van der Waals surface area (Å²) in [5, 5.41) is 0. The monoisotopic (exact) mass is 296 g/mol. The summed E-state index contributed by atoms with van der Waals surface area (Å²) >= 11 is 3.49. The predicted molar refractivity (Wildman–Crippen MR) is 76.9 cm³/mol. The Kier molecular flexibility index (Phi) is 5.90. The van der Waals surface area contributed by atoms with Crippen molar-refractivity contribution in [1.82, 2.24) is 0 Å². The fourth-order valence-corrected chi connectivity index (χ4v) is 2.41. The van der Waals surface area contributed by atoms with Crippen molar-refractivity contribution in [3.8, 4) is 0 Å². The van der Waals surface area contributed by atoms with Gasteiger partial charge in [0.05, 0.1) is 4.83 Å². The maximum Gasteiger partial charge on any atom is 0.146 e. The summed E-state index contributed by atoms with van der Waals surface area (Å²) in [6, 6.07) is 8.53. The molecule has 0 N–H and O–H groups in total. The van der Waals surface area contributed by atoms with Crippen LogP contribution in [0.5, 0.6) is 0 Å². The molecule has 1 atom stereocenters. The van der Waals surface area contributed by atoms with Crippen LogP contribution in [0.2, 0.25) is 0 Å². The molecule has 0 aliphatic heterocycles. The van der Waals surface area contributed by atoms with Gasteiger partial charge in [0.15, 0.2) is 0 Å². The SMILES string of the molecule is CCCC(=O)C(Br)Cc1cccc(C(C)C)c1. The molecule has 1 rings (SSSR count). The van der Waals surface area contributed by atoms with Crippen LogP contribution in [0, 0.1) is 0 Å². The molecule has 0 amide bonds. The van der Waals surface area contributed by atoms with Crippen LogP contribution in [0.3, 0.4) is 0 Å². The van der Waals surface area contributed by atoms with Crippen molar-refractivity contribution < 1.29 is 4.79 Å². The van der Waals surface area contributed by atoms with E-state index in [0.717, 1.165) is 12.8 Å². The average molecular weight is 297 g/mol. The molecule has 2 heteroatoms. The van der Waals surface area contributed by atoms with Gasteiger partial charge < -0.3 is 0 Å². The lowest BCUT2D eigenvalue weighted by molar-refractivity contribution is -0.118. The van der Waals surface area contributed by atoms with Crippen LogP contribution in [0.25, 0.3) is 0 Å². The van der Waals surface area contributed by atoms with Gasteiger partial charge in [0.25, 0.3) is 0 Å². The average Bonchev–Trinajstić information content (AvgIpc) is 2.29. The molecule has 0 radical (unpaired) electrons. The lowest BCUT2D eigenvalue weighted by Crippen LogP contribution is -2.16. The van der Waals surface area contributed by atoms with Crippen LogP contribution in [-0.2, 0) is 11.2 Å². The minimum absolute atomic E-state index is 0.0372. The summed E-state index contributed by atoms with van der Waals surface area (Å²) in [5.41, 5.74) is 2.58. The van der Waals surface area contributed by atoms with Crippen molar-refractivity contribution in [2.45, 2.75) is 50.8 Å². The predicted octanol–water partition coefficient (Wildman–Crippen LogP) is 4.49. The first kappa shape index (κ1) is 14.4. The maximum absolute atomic E-state index is 11.7. The highest BCUT2D eigenvalue weighted by Crippen LogP contribution is 2.19. The molecule has 1 aromatic rings. The second-order valence-corrected chi connectivity index (χ2v) is 5.89. The minimum atomic E-state index is -0.0372. The van der Waals surface area contributed by atoms with Crippen LogP contribution >= 0.6 is 15.9 Å². The van der Waals surface area contributed by atoms with Crippen molar-refractivity contribution in [3.63, 3.8) is 0 Å². The molecule has 1 aromatic carbocycles. The molecule has 0 bridgehead atoms. The number of hydrogen-bond acceptors (Lipinski definition) is 1. The molecule has 17 heavy (non-hydrogen) atoms. The van der Waals surface area contributed by atoms with Gasteiger partial charge in [0, 0.05) is 6.42 Å². The lowest BCUT2D eigenvalue weighted by atomic mass is 9.98. The number of hydrogen-bond donors (Lipinski definition) is 0. The summed E-state index contributed by atoms with van der Waals surface area (Å²) in [6.07, 6.45) is 2.38. The normalized spacial score (nSPS) is 12.8.